The third kappa shape index (κ3) is 7.05. The third-order valence-electron chi connectivity index (χ3n) is 13.8. The fourth-order valence-electron chi connectivity index (χ4n) is 10.8. The average molecular weight is 817 g/mol. The first-order valence-corrected chi connectivity index (χ1v) is 22.8. The van der Waals surface area contributed by atoms with Crippen LogP contribution in [0.25, 0.3) is 43.5 Å². The summed E-state index contributed by atoms with van der Waals surface area (Å²) in [5.74, 6) is 0.818. The molecule has 2 fully saturated rings. The molecule has 1 heterocycles. The second-order valence-corrected chi connectivity index (χ2v) is 17.6. The molecule has 63 heavy (non-hydrogen) atoms. The fourth-order valence-corrected chi connectivity index (χ4v) is 10.8. The molecular formula is C58H48N4O. The Hall–Kier alpha value is -7.34. The van der Waals surface area contributed by atoms with Crippen molar-refractivity contribution in [1.29, 1.82) is 10.5 Å². The van der Waals surface area contributed by atoms with E-state index in [4.69, 9.17) is 4.42 Å². The molecule has 5 nitrogen and oxygen atoms in total. The van der Waals surface area contributed by atoms with Crippen LogP contribution in [0.4, 0.5) is 34.1 Å². The number of nitrogens with zero attached hydrogens (tertiary/aromatic N) is 4. The van der Waals surface area contributed by atoms with Crippen LogP contribution in [0.1, 0.15) is 98.3 Å². The number of hydrogen-bond acceptors (Lipinski definition) is 5. The lowest BCUT2D eigenvalue weighted by Gasteiger charge is -2.32. The first-order valence-electron chi connectivity index (χ1n) is 22.8. The molecule has 0 radical (unpaired) electrons. The van der Waals surface area contributed by atoms with Crippen LogP contribution in [0.3, 0.4) is 0 Å². The van der Waals surface area contributed by atoms with Crippen molar-refractivity contribution in [2.75, 3.05) is 9.80 Å². The molecule has 0 bridgehead atoms. The maximum Gasteiger partial charge on any atom is 0.136 e. The van der Waals surface area contributed by atoms with Crippen LogP contribution < -0.4 is 9.80 Å². The summed E-state index contributed by atoms with van der Waals surface area (Å²) in [6.45, 7) is 0. The molecule has 11 rings (SSSR count). The van der Waals surface area contributed by atoms with Crippen LogP contribution in [0.5, 0.6) is 0 Å². The molecule has 0 unspecified atom stereocenters. The van der Waals surface area contributed by atoms with Crippen LogP contribution in [0.15, 0.2) is 162 Å². The van der Waals surface area contributed by atoms with Crippen LogP contribution in [-0.4, -0.2) is 0 Å². The Labute approximate surface area is 369 Å². The monoisotopic (exact) mass is 816 g/mol. The third-order valence-corrected chi connectivity index (χ3v) is 13.8. The van der Waals surface area contributed by atoms with Gasteiger partial charge in [-0.2, -0.15) is 10.5 Å². The maximum absolute atomic E-state index is 9.65. The van der Waals surface area contributed by atoms with Crippen molar-refractivity contribution in [3.8, 4) is 12.1 Å². The molecule has 0 N–H and O–H groups in total. The number of hydrogen-bond donors (Lipinski definition) is 0. The van der Waals surface area contributed by atoms with Crippen molar-refractivity contribution in [1.82, 2.24) is 0 Å². The molecule has 9 aromatic rings. The SMILES string of the molecule is N#Cc1ccc(N(c2ccccc2)c2ccc3cc4c(cc3c2C2CCCCC2)oc2cc3c(C5CCCCC5)c(N(c5ccccc5)c5ccc(C#N)cc5)ccc3cc24)cc1. The number of nitriles is 2. The van der Waals surface area contributed by atoms with Crippen molar-refractivity contribution < 1.29 is 4.42 Å². The highest BCUT2D eigenvalue weighted by atomic mass is 16.3. The summed E-state index contributed by atoms with van der Waals surface area (Å²) in [7, 11) is 0. The molecule has 0 atom stereocenters. The minimum absolute atomic E-state index is 0.409. The maximum atomic E-state index is 9.65. The summed E-state index contributed by atoms with van der Waals surface area (Å²) >= 11 is 0. The van der Waals surface area contributed by atoms with Gasteiger partial charge in [0, 0.05) is 33.5 Å². The second-order valence-electron chi connectivity index (χ2n) is 17.6. The van der Waals surface area contributed by atoms with Gasteiger partial charge < -0.3 is 14.2 Å². The van der Waals surface area contributed by atoms with Gasteiger partial charge in [0.1, 0.15) is 11.2 Å². The van der Waals surface area contributed by atoms with E-state index >= 15 is 0 Å². The zero-order chi connectivity index (χ0) is 42.3. The summed E-state index contributed by atoms with van der Waals surface area (Å²) in [5, 5.41) is 26.5. The van der Waals surface area contributed by atoms with Crippen LogP contribution in [-0.2, 0) is 0 Å². The number of fused-ring (bicyclic) bond motifs is 5. The van der Waals surface area contributed by atoms with Gasteiger partial charge in [-0.05, 0) is 179 Å². The highest BCUT2D eigenvalue weighted by Crippen LogP contribution is 2.50. The van der Waals surface area contributed by atoms with E-state index in [1.807, 2.05) is 24.3 Å². The van der Waals surface area contributed by atoms with E-state index in [-0.39, 0.29) is 0 Å². The topological polar surface area (TPSA) is 67.2 Å². The smallest absolute Gasteiger partial charge is 0.136 e. The lowest BCUT2D eigenvalue weighted by atomic mass is 9.80. The minimum atomic E-state index is 0.409. The molecule has 5 heteroatoms. The van der Waals surface area contributed by atoms with Crippen molar-refractivity contribution in [2.24, 2.45) is 0 Å². The summed E-state index contributed by atoms with van der Waals surface area (Å²) in [4.78, 5) is 4.75. The van der Waals surface area contributed by atoms with Crippen LogP contribution >= 0.6 is 0 Å². The van der Waals surface area contributed by atoms with E-state index < -0.39 is 0 Å². The van der Waals surface area contributed by atoms with E-state index in [2.05, 4.69) is 155 Å². The van der Waals surface area contributed by atoms with Crippen molar-refractivity contribution in [3.63, 3.8) is 0 Å². The highest BCUT2D eigenvalue weighted by Gasteiger charge is 2.28. The number of anilines is 6. The van der Waals surface area contributed by atoms with Gasteiger partial charge in [0.25, 0.3) is 0 Å². The van der Waals surface area contributed by atoms with Gasteiger partial charge in [0.15, 0.2) is 0 Å². The van der Waals surface area contributed by atoms with Crippen molar-refractivity contribution >= 4 is 77.6 Å². The zero-order valence-corrected chi connectivity index (χ0v) is 35.4. The Balaban J connectivity index is 1.12. The van der Waals surface area contributed by atoms with E-state index in [1.54, 1.807) is 0 Å². The van der Waals surface area contributed by atoms with Gasteiger partial charge in [0.05, 0.1) is 34.6 Å². The normalized spacial score (nSPS) is 14.8. The van der Waals surface area contributed by atoms with E-state index in [0.717, 1.165) is 70.4 Å². The van der Waals surface area contributed by atoms with Gasteiger partial charge in [-0.3, -0.25) is 0 Å². The van der Waals surface area contributed by atoms with Crippen molar-refractivity contribution in [3.05, 3.63) is 180 Å². The quantitative estimate of drug-likeness (QED) is 0.153. The molecule has 0 aliphatic heterocycles. The predicted molar refractivity (Wildman–Crippen MR) is 259 cm³/mol. The summed E-state index contributed by atoms with van der Waals surface area (Å²) in [6, 6.07) is 60.5. The lowest BCUT2D eigenvalue weighted by Crippen LogP contribution is -2.15. The predicted octanol–water partition coefficient (Wildman–Crippen LogP) is 16.7. The Morgan fingerprint density at radius 2 is 0.778 bits per heavy atom. The molecular weight excluding hydrogens is 769 g/mol. The van der Waals surface area contributed by atoms with Gasteiger partial charge in [0.2, 0.25) is 0 Å². The van der Waals surface area contributed by atoms with Gasteiger partial charge in [-0.25, -0.2) is 0 Å². The summed E-state index contributed by atoms with van der Waals surface area (Å²) in [5.41, 5.74) is 12.5. The highest BCUT2D eigenvalue weighted by molar-refractivity contribution is 6.15. The number of rotatable bonds is 8. The Morgan fingerprint density at radius 3 is 1.16 bits per heavy atom. The first-order chi connectivity index (χ1) is 31.1. The molecule has 306 valence electrons. The molecule has 2 aliphatic carbocycles. The minimum Gasteiger partial charge on any atom is -0.456 e. The largest absolute Gasteiger partial charge is 0.456 e. The van der Waals surface area contributed by atoms with Crippen LogP contribution in [0.2, 0.25) is 0 Å². The Kier molecular flexibility index (Phi) is 10.1. The van der Waals surface area contributed by atoms with Gasteiger partial charge in [-0.15, -0.1) is 0 Å². The molecule has 2 saturated carbocycles. The van der Waals surface area contributed by atoms with E-state index in [0.29, 0.717) is 23.0 Å². The van der Waals surface area contributed by atoms with Gasteiger partial charge >= 0.3 is 0 Å². The first kappa shape index (κ1) is 38.6. The van der Waals surface area contributed by atoms with Crippen LogP contribution in [0, 0.1) is 22.7 Å². The van der Waals surface area contributed by atoms with E-state index in [9.17, 15) is 10.5 Å². The summed E-state index contributed by atoms with van der Waals surface area (Å²) in [6.07, 6.45) is 12.1. The molecule has 0 spiro atoms. The standard InChI is InChI=1S/C58H48N4O/c59-37-39-21-27-47(28-22-39)61(45-17-9-3-10-18-45)53-31-25-43-33-51-52-34-44-26-32-54(62(46-19-11-4-12-20-46)48-29-23-40(38-60)24-30-48)58(42-15-7-2-8-16-42)50(44)36-56(52)63-55(51)35-49(43)57(53)41-13-5-1-6-14-41/h3-4,9-12,17-36,41-42H,1-2,5-8,13-16H2. The number of benzene rings is 8. The molecule has 0 amide bonds. The fraction of sp³-hybridized carbons (Fsp3) is 0.207. The second kappa shape index (κ2) is 16.5. The van der Waals surface area contributed by atoms with E-state index in [1.165, 1.54) is 82.6 Å². The molecule has 8 aromatic carbocycles. The summed E-state index contributed by atoms with van der Waals surface area (Å²) < 4.78 is 7.06. The molecule has 1 aromatic heterocycles. The zero-order valence-electron chi connectivity index (χ0n) is 35.4. The van der Waals surface area contributed by atoms with Crippen molar-refractivity contribution in [2.45, 2.75) is 76.0 Å². The Bertz CT molecular complexity index is 2980. The molecule has 2 aliphatic rings. The Morgan fingerprint density at radius 1 is 0.397 bits per heavy atom. The lowest BCUT2D eigenvalue weighted by molar-refractivity contribution is 0.446. The number of furan rings is 1. The average Bonchev–Trinajstić information content (AvgIpc) is 3.70. The molecule has 0 saturated heterocycles. The van der Waals surface area contributed by atoms with Gasteiger partial charge in [-0.1, -0.05) is 87.1 Å². The number of para-hydroxylation sites is 2.